The van der Waals surface area contributed by atoms with Crippen LogP contribution in [-0.4, -0.2) is 15.0 Å². The monoisotopic (exact) mass is 324 g/mol. The van der Waals surface area contributed by atoms with Crippen molar-refractivity contribution >= 4 is 21.4 Å². The van der Waals surface area contributed by atoms with Crippen molar-refractivity contribution in [2.45, 2.75) is 17.7 Å². The van der Waals surface area contributed by atoms with Crippen molar-refractivity contribution in [2.75, 3.05) is 16.6 Å². The van der Waals surface area contributed by atoms with E-state index in [0.29, 0.717) is 18.3 Å². The number of aryl methyl sites for hydroxylation is 1. The summed E-state index contributed by atoms with van der Waals surface area (Å²) in [6.45, 7) is 0.689. The Kier molecular flexibility index (Phi) is 3.74. The number of nitrogens with one attached hydrogen (secondary N) is 2. The van der Waals surface area contributed by atoms with Gasteiger partial charge in [0.1, 0.15) is 16.5 Å². The lowest BCUT2D eigenvalue weighted by Crippen LogP contribution is -2.19. The lowest BCUT2D eigenvalue weighted by Gasteiger charge is -2.21. The molecule has 2 aromatic carbocycles. The van der Waals surface area contributed by atoms with Crippen LogP contribution in [-0.2, 0) is 16.4 Å². The van der Waals surface area contributed by atoms with Crippen molar-refractivity contribution < 1.29 is 17.2 Å². The zero-order valence-corrected chi connectivity index (χ0v) is 12.4. The van der Waals surface area contributed by atoms with Crippen LogP contribution in [0.5, 0.6) is 0 Å². The highest BCUT2D eigenvalue weighted by Gasteiger charge is 2.22. The van der Waals surface area contributed by atoms with Crippen molar-refractivity contribution in [3.05, 3.63) is 53.6 Å². The molecule has 0 aliphatic carbocycles. The molecule has 0 aromatic heterocycles. The molecule has 2 N–H and O–H groups in total. The molecule has 116 valence electrons. The van der Waals surface area contributed by atoms with E-state index in [2.05, 4.69) is 10.0 Å². The molecule has 1 heterocycles. The van der Waals surface area contributed by atoms with Crippen LogP contribution < -0.4 is 10.0 Å². The summed E-state index contributed by atoms with van der Waals surface area (Å²) in [7, 11) is -3.93. The fourth-order valence-electron chi connectivity index (χ4n) is 2.52. The fourth-order valence-corrected chi connectivity index (χ4v) is 3.79. The molecule has 0 radical (unpaired) electrons. The van der Waals surface area contributed by atoms with Crippen molar-refractivity contribution in [3.63, 3.8) is 0 Å². The maximum Gasteiger partial charge on any atom is 0.263 e. The maximum absolute atomic E-state index is 13.2. The van der Waals surface area contributed by atoms with Crippen molar-refractivity contribution in [1.29, 1.82) is 0 Å². The SMILES string of the molecule is O=S(=O)(Nc1cc(F)cc(F)c1)c1cccc2c1NCCC2. The maximum atomic E-state index is 13.2. The first-order valence-electron chi connectivity index (χ1n) is 6.80. The summed E-state index contributed by atoms with van der Waals surface area (Å²) in [5, 5.41) is 3.08. The third-order valence-corrected chi connectivity index (χ3v) is 4.87. The predicted molar refractivity (Wildman–Crippen MR) is 80.4 cm³/mol. The van der Waals surface area contributed by atoms with E-state index in [1.54, 1.807) is 6.07 Å². The van der Waals surface area contributed by atoms with E-state index in [1.165, 1.54) is 6.07 Å². The Bertz CT molecular complexity index is 802. The van der Waals surface area contributed by atoms with E-state index in [0.717, 1.165) is 30.5 Å². The van der Waals surface area contributed by atoms with Gasteiger partial charge in [-0.1, -0.05) is 12.1 Å². The van der Waals surface area contributed by atoms with Crippen LogP contribution in [0.3, 0.4) is 0 Å². The van der Waals surface area contributed by atoms with Crippen LogP contribution >= 0.6 is 0 Å². The van der Waals surface area contributed by atoms with Gasteiger partial charge in [-0.15, -0.1) is 0 Å². The van der Waals surface area contributed by atoms with Gasteiger partial charge in [-0.05, 0) is 36.6 Å². The Morgan fingerprint density at radius 3 is 2.55 bits per heavy atom. The Morgan fingerprint density at radius 1 is 1.09 bits per heavy atom. The number of hydrogen-bond donors (Lipinski definition) is 2. The van der Waals surface area contributed by atoms with Crippen LogP contribution in [0, 0.1) is 11.6 Å². The molecule has 3 rings (SSSR count). The van der Waals surface area contributed by atoms with E-state index >= 15 is 0 Å². The minimum absolute atomic E-state index is 0.0781. The van der Waals surface area contributed by atoms with E-state index in [-0.39, 0.29) is 10.6 Å². The standard InChI is InChI=1S/C15H14F2N2O2S/c16-11-7-12(17)9-13(8-11)19-22(20,21)14-5-1-3-10-4-2-6-18-15(10)14/h1,3,5,7-9,18-19H,2,4,6H2. The molecule has 2 aromatic rings. The average molecular weight is 324 g/mol. The van der Waals surface area contributed by atoms with Gasteiger partial charge in [0.15, 0.2) is 0 Å². The van der Waals surface area contributed by atoms with E-state index in [1.807, 2.05) is 6.07 Å². The number of sulfonamides is 1. The first-order valence-corrected chi connectivity index (χ1v) is 8.29. The minimum Gasteiger partial charge on any atom is -0.384 e. The van der Waals surface area contributed by atoms with E-state index in [9.17, 15) is 17.2 Å². The zero-order chi connectivity index (χ0) is 15.7. The molecule has 4 nitrogen and oxygen atoms in total. The summed E-state index contributed by atoms with van der Waals surface area (Å²) >= 11 is 0. The molecule has 0 bridgehead atoms. The summed E-state index contributed by atoms with van der Waals surface area (Å²) in [5.74, 6) is -1.68. The third-order valence-electron chi connectivity index (χ3n) is 3.44. The molecule has 7 heteroatoms. The highest BCUT2D eigenvalue weighted by atomic mass is 32.2. The van der Waals surface area contributed by atoms with Crippen molar-refractivity contribution in [2.24, 2.45) is 0 Å². The van der Waals surface area contributed by atoms with Gasteiger partial charge in [0.05, 0.1) is 11.4 Å². The van der Waals surface area contributed by atoms with Crippen LogP contribution in [0.25, 0.3) is 0 Å². The molecule has 0 atom stereocenters. The molecule has 0 fully saturated rings. The zero-order valence-electron chi connectivity index (χ0n) is 11.6. The number of benzene rings is 2. The number of rotatable bonds is 3. The Balaban J connectivity index is 2.00. The van der Waals surface area contributed by atoms with Crippen molar-refractivity contribution in [3.8, 4) is 0 Å². The lowest BCUT2D eigenvalue weighted by molar-refractivity contribution is 0.584. The summed E-state index contributed by atoms with van der Waals surface area (Å²) in [5.41, 5.74) is 1.32. The first-order chi connectivity index (χ1) is 10.5. The topological polar surface area (TPSA) is 58.2 Å². The van der Waals surface area contributed by atoms with Crippen LogP contribution in [0.15, 0.2) is 41.3 Å². The van der Waals surface area contributed by atoms with Gasteiger partial charge in [-0.2, -0.15) is 0 Å². The Morgan fingerprint density at radius 2 is 1.82 bits per heavy atom. The number of para-hydroxylation sites is 1. The Hall–Kier alpha value is -2.15. The van der Waals surface area contributed by atoms with Gasteiger partial charge in [-0.3, -0.25) is 4.72 Å². The van der Waals surface area contributed by atoms with Crippen molar-refractivity contribution in [1.82, 2.24) is 0 Å². The molecule has 22 heavy (non-hydrogen) atoms. The molecule has 0 unspecified atom stereocenters. The quantitative estimate of drug-likeness (QED) is 0.912. The summed E-state index contributed by atoms with van der Waals surface area (Å²) < 4.78 is 53.6. The molecule has 0 saturated heterocycles. The summed E-state index contributed by atoms with van der Waals surface area (Å²) in [4.78, 5) is 0.0781. The summed E-state index contributed by atoms with van der Waals surface area (Å²) in [6, 6.07) is 7.54. The molecule has 0 spiro atoms. The number of anilines is 2. The van der Waals surface area contributed by atoms with E-state index < -0.39 is 21.7 Å². The fraction of sp³-hybridized carbons (Fsp3) is 0.200. The minimum atomic E-state index is -3.93. The molecule has 1 aliphatic heterocycles. The van der Waals surface area contributed by atoms with Gasteiger partial charge < -0.3 is 5.32 Å². The second-order valence-corrected chi connectivity index (χ2v) is 6.74. The Labute approximate surface area is 127 Å². The van der Waals surface area contributed by atoms with Gasteiger partial charge in [0.2, 0.25) is 0 Å². The predicted octanol–water partition coefficient (Wildman–Crippen LogP) is 3.12. The normalized spacial score (nSPS) is 14.1. The number of halogens is 2. The largest absolute Gasteiger partial charge is 0.384 e. The lowest BCUT2D eigenvalue weighted by atomic mass is 10.0. The van der Waals surface area contributed by atoms with Crippen LogP contribution in [0.4, 0.5) is 20.2 Å². The first kappa shape index (κ1) is 14.8. The van der Waals surface area contributed by atoms with Crippen LogP contribution in [0.1, 0.15) is 12.0 Å². The number of hydrogen-bond acceptors (Lipinski definition) is 3. The van der Waals surface area contributed by atoms with Gasteiger partial charge >= 0.3 is 0 Å². The van der Waals surface area contributed by atoms with Gasteiger partial charge in [0.25, 0.3) is 10.0 Å². The second-order valence-electron chi connectivity index (χ2n) is 5.08. The summed E-state index contributed by atoms with van der Waals surface area (Å²) in [6.07, 6.45) is 1.72. The highest BCUT2D eigenvalue weighted by molar-refractivity contribution is 7.92. The third kappa shape index (κ3) is 2.89. The second kappa shape index (κ2) is 5.57. The highest BCUT2D eigenvalue weighted by Crippen LogP contribution is 2.30. The molecule has 0 amide bonds. The van der Waals surface area contributed by atoms with Crippen LogP contribution in [0.2, 0.25) is 0 Å². The molecule has 0 saturated carbocycles. The average Bonchev–Trinajstić information content (AvgIpc) is 2.45. The van der Waals surface area contributed by atoms with Gasteiger partial charge in [0, 0.05) is 12.6 Å². The molecular formula is C15H14F2N2O2S. The molecule has 1 aliphatic rings. The van der Waals surface area contributed by atoms with E-state index in [4.69, 9.17) is 0 Å². The van der Waals surface area contributed by atoms with Gasteiger partial charge in [-0.25, -0.2) is 17.2 Å². The molecular weight excluding hydrogens is 310 g/mol. The number of fused-ring (bicyclic) bond motifs is 1. The smallest absolute Gasteiger partial charge is 0.263 e.